The van der Waals surface area contributed by atoms with Gasteiger partial charge >= 0.3 is 0 Å². The predicted octanol–water partition coefficient (Wildman–Crippen LogP) is 3.73. The van der Waals surface area contributed by atoms with Gasteiger partial charge in [-0.05, 0) is 38.5 Å². The summed E-state index contributed by atoms with van der Waals surface area (Å²) in [6.45, 7) is 9.66. The van der Waals surface area contributed by atoms with E-state index >= 15 is 0 Å². The minimum Gasteiger partial charge on any atom is -0.380 e. The van der Waals surface area contributed by atoms with Gasteiger partial charge in [0.1, 0.15) is 0 Å². The highest BCUT2D eigenvalue weighted by atomic mass is 16.5. The predicted molar refractivity (Wildman–Crippen MR) is 103 cm³/mol. The van der Waals surface area contributed by atoms with Crippen LogP contribution in [-0.2, 0) is 23.7 Å². The normalized spacial score (nSPS) is 34.0. The number of hydrogen-bond donors (Lipinski definition) is 0. The lowest BCUT2D eigenvalue weighted by molar-refractivity contribution is -0.258. The summed E-state index contributed by atoms with van der Waals surface area (Å²) in [5, 5.41) is 0. The first kappa shape index (κ1) is 20.1. The molecule has 4 saturated heterocycles. The minimum absolute atomic E-state index is 0.153. The van der Waals surface area contributed by atoms with Crippen LogP contribution in [0.15, 0.2) is 0 Å². The molecule has 4 unspecified atom stereocenters. The first-order valence-electron chi connectivity index (χ1n) is 11.2. The van der Waals surface area contributed by atoms with Crippen molar-refractivity contribution in [3.8, 4) is 0 Å². The van der Waals surface area contributed by atoms with Crippen molar-refractivity contribution >= 4 is 0 Å². The average Bonchev–Trinajstić information content (AvgIpc) is 3.27. The Hall–Kier alpha value is -0.200. The van der Waals surface area contributed by atoms with Crippen molar-refractivity contribution in [3.05, 3.63) is 0 Å². The summed E-state index contributed by atoms with van der Waals surface area (Å²) in [6, 6.07) is 0. The van der Waals surface area contributed by atoms with Crippen LogP contribution in [0.25, 0.3) is 0 Å². The van der Waals surface area contributed by atoms with Gasteiger partial charge in [-0.1, -0.05) is 13.8 Å². The molecule has 0 bridgehead atoms. The molecule has 4 atom stereocenters. The van der Waals surface area contributed by atoms with Crippen molar-refractivity contribution in [2.24, 2.45) is 10.8 Å². The summed E-state index contributed by atoms with van der Waals surface area (Å²) in [4.78, 5) is 0. The van der Waals surface area contributed by atoms with E-state index in [2.05, 4.69) is 13.8 Å². The standard InChI is InChI=1S/C22H38O5/c1-3-21(13-23-14-21)19(11-17-7-5-9-25-17)27-20(12-18-8-6-10-26-18)22(4-2)15-24-16-22/h17-20H,3-16H2,1-2H3. The second-order valence-electron chi connectivity index (χ2n) is 9.27. The van der Waals surface area contributed by atoms with E-state index in [1.54, 1.807) is 0 Å². The van der Waals surface area contributed by atoms with Gasteiger partial charge in [0.25, 0.3) is 0 Å². The fourth-order valence-electron chi connectivity index (χ4n) is 5.20. The van der Waals surface area contributed by atoms with Gasteiger partial charge in [-0.25, -0.2) is 0 Å². The molecular weight excluding hydrogens is 344 g/mol. The third-order valence-corrected chi connectivity index (χ3v) is 7.66. The van der Waals surface area contributed by atoms with Crippen LogP contribution in [0.4, 0.5) is 0 Å². The van der Waals surface area contributed by atoms with E-state index < -0.39 is 0 Å². The van der Waals surface area contributed by atoms with Gasteiger partial charge in [-0.3, -0.25) is 0 Å². The number of rotatable bonds is 10. The molecule has 27 heavy (non-hydrogen) atoms. The van der Waals surface area contributed by atoms with Crippen molar-refractivity contribution in [3.63, 3.8) is 0 Å². The van der Waals surface area contributed by atoms with Crippen LogP contribution in [0.3, 0.4) is 0 Å². The number of ether oxygens (including phenoxy) is 5. The topological polar surface area (TPSA) is 46.2 Å². The molecule has 0 amide bonds. The van der Waals surface area contributed by atoms with Gasteiger partial charge in [0, 0.05) is 36.9 Å². The highest BCUT2D eigenvalue weighted by molar-refractivity contribution is 4.98. The van der Waals surface area contributed by atoms with Crippen LogP contribution in [0, 0.1) is 10.8 Å². The Kier molecular flexibility index (Phi) is 6.44. The van der Waals surface area contributed by atoms with E-state index in [-0.39, 0.29) is 23.0 Å². The van der Waals surface area contributed by atoms with Gasteiger partial charge in [0.2, 0.25) is 0 Å². The average molecular weight is 383 g/mol. The maximum Gasteiger partial charge on any atom is 0.0704 e. The van der Waals surface area contributed by atoms with E-state index in [1.807, 2.05) is 0 Å². The third-order valence-electron chi connectivity index (χ3n) is 7.66. The van der Waals surface area contributed by atoms with Crippen LogP contribution in [0.2, 0.25) is 0 Å². The monoisotopic (exact) mass is 382 g/mol. The Morgan fingerprint density at radius 1 is 0.778 bits per heavy atom. The Morgan fingerprint density at radius 3 is 1.48 bits per heavy atom. The van der Waals surface area contributed by atoms with Crippen molar-refractivity contribution in [2.45, 2.75) is 89.6 Å². The highest BCUT2D eigenvalue weighted by Gasteiger charge is 2.52. The van der Waals surface area contributed by atoms with Crippen LogP contribution in [0.1, 0.15) is 65.2 Å². The second kappa shape index (κ2) is 8.66. The maximum atomic E-state index is 7.05. The molecule has 156 valence electrons. The molecule has 4 rings (SSSR count). The SMILES string of the molecule is CCC1(C(CC2CCCO2)OC(CC2CCCO2)C2(CC)COC2)COC1. The smallest absolute Gasteiger partial charge is 0.0704 e. The summed E-state index contributed by atoms with van der Waals surface area (Å²) >= 11 is 0. The molecule has 0 N–H and O–H groups in total. The van der Waals surface area contributed by atoms with Crippen molar-refractivity contribution in [1.29, 1.82) is 0 Å². The molecule has 0 spiro atoms. The first-order valence-corrected chi connectivity index (χ1v) is 11.2. The maximum absolute atomic E-state index is 7.05. The molecule has 4 heterocycles. The quantitative estimate of drug-likeness (QED) is 0.576. The molecule has 4 aliphatic rings. The highest BCUT2D eigenvalue weighted by Crippen LogP contribution is 2.46. The lowest BCUT2D eigenvalue weighted by atomic mass is 9.72. The zero-order valence-electron chi connectivity index (χ0n) is 17.3. The third kappa shape index (κ3) is 4.09. The molecule has 0 aliphatic carbocycles. The van der Waals surface area contributed by atoms with Gasteiger partial charge in [-0.2, -0.15) is 0 Å². The Labute approximate surface area is 164 Å². The molecule has 4 aliphatic heterocycles. The van der Waals surface area contributed by atoms with Gasteiger partial charge in [0.15, 0.2) is 0 Å². The number of hydrogen-bond acceptors (Lipinski definition) is 5. The molecular formula is C22H38O5. The summed E-state index contributed by atoms with van der Waals surface area (Å²) in [5.74, 6) is 0. The van der Waals surface area contributed by atoms with Gasteiger partial charge in [-0.15, -0.1) is 0 Å². The van der Waals surface area contributed by atoms with E-state index in [0.717, 1.165) is 65.3 Å². The van der Waals surface area contributed by atoms with E-state index in [1.165, 1.54) is 25.7 Å². The fraction of sp³-hybridized carbons (Fsp3) is 1.00. The largest absolute Gasteiger partial charge is 0.380 e. The van der Waals surface area contributed by atoms with Crippen molar-refractivity contribution in [2.75, 3.05) is 39.6 Å². The lowest BCUT2D eigenvalue weighted by Gasteiger charge is -2.52. The van der Waals surface area contributed by atoms with Crippen LogP contribution >= 0.6 is 0 Å². The Morgan fingerprint density at radius 2 is 1.22 bits per heavy atom. The summed E-state index contributed by atoms with van der Waals surface area (Å²) in [6.07, 6.45) is 10.00. The molecule has 0 saturated carbocycles. The van der Waals surface area contributed by atoms with Gasteiger partial charge in [0.05, 0.1) is 50.8 Å². The van der Waals surface area contributed by atoms with E-state index in [4.69, 9.17) is 23.7 Å². The zero-order valence-corrected chi connectivity index (χ0v) is 17.3. The molecule has 0 aromatic rings. The summed E-state index contributed by atoms with van der Waals surface area (Å²) < 4.78 is 30.4. The van der Waals surface area contributed by atoms with Crippen molar-refractivity contribution < 1.29 is 23.7 Å². The molecule has 0 aromatic carbocycles. The van der Waals surface area contributed by atoms with Crippen LogP contribution < -0.4 is 0 Å². The summed E-state index contributed by atoms with van der Waals surface area (Å²) in [5.41, 5.74) is 0.306. The van der Waals surface area contributed by atoms with E-state index in [9.17, 15) is 0 Å². The Balaban J connectivity index is 1.50. The van der Waals surface area contributed by atoms with Gasteiger partial charge < -0.3 is 23.7 Å². The lowest BCUT2D eigenvalue weighted by Crippen LogP contribution is -2.59. The molecule has 5 nitrogen and oxygen atoms in total. The van der Waals surface area contributed by atoms with E-state index in [0.29, 0.717) is 12.2 Å². The van der Waals surface area contributed by atoms with Crippen LogP contribution in [0.5, 0.6) is 0 Å². The fourth-order valence-corrected chi connectivity index (χ4v) is 5.20. The first-order chi connectivity index (χ1) is 13.2. The molecule has 5 heteroatoms. The molecule has 0 aromatic heterocycles. The minimum atomic E-state index is 0.153. The summed E-state index contributed by atoms with van der Waals surface area (Å²) in [7, 11) is 0. The second-order valence-corrected chi connectivity index (χ2v) is 9.27. The Bertz CT molecular complexity index is 408. The zero-order chi connectivity index (χ0) is 18.7. The molecule has 0 radical (unpaired) electrons. The van der Waals surface area contributed by atoms with Crippen molar-refractivity contribution in [1.82, 2.24) is 0 Å². The van der Waals surface area contributed by atoms with Crippen LogP contribution in [-0.4, -0.2) is 64.1 Å². The molecule has 4 fully saturated rings.